The number of benzene rings is 1. The van der Waals surface area contributed by atoms with E-state index >= 15 is 0 Å². The van der Waals surface area contributed by atoms with Crippen LogP contribution in [0.3, 0.4) is 0 Å². The van der Waals surface area contributed by atoms with Gasteiger partial charge in [0.1, 0.15) is 0 Å². The van der Waals surface area contributed by atoms with E-state index in [1.165, 1.54) is 12.3 Å². The molecule has 0 fully saturated rings. The molecule has 1 heterocycles. The molecule has 2 rings (SSSR count). The van der Waals surface area contributed by atoms with Gasteiger partial charge in [-0.1, -0.05) is 6.07 Å². The maximum Gasteiger partial charge on any atom is 0.419 e. The van der Waals surface area contributed by atoms with E-state index in [4.69, 9.17) is 0 Å². The van der Waals surface area contributed by atoms with Crippen molar-refractivity contribution in [3.05, 3.63) is 52.0 Å². The fraction of sp³-hybridized carbons (Fsp3) is 0.143. The first kappa shape index (κ1) is 17.2. The molecule has 0 unspecified atom stereocenters. The number of nitrogens with zero attached hydrogens (tertiary/aromatic N) is 1. The monoisotopic (exact) mass is 391 g/mol. The van der Waals surface area contributed by atoms with Crippen LogP contribution in [-0.2, 0) is 6.18 Å². The summed E-state index contributed by atoms with van der Waals surface area (Å²) >= 11 is 3.22. The molecule has 23 heavy (non-hydrogen) atoms. The molecule has 0 atom stereocenters. The highest BCUT2D eigenvalue weighted by molar-refractivity contribution is 9.10. The predicted octanol–water partition coefficient (Wildman–Crippen LogP) is 4.95. The average molecular weight is 392 g/mol. The van der Waals surface area contributed by atoms with E-state index in [1.54, 1.807) is 6.92 Å². The number of anilines is 2. The summed E-state index contributed by atoms with van der Waals surface area (Å²) in [6.45, 7) is 1.69. The molecule has 1 aromatic carbocycles. The van der Waals surface area contributed by atoms with Crippen molar-refractivity contribution in [1.82, 2.24) is 4.98 Å². The topological polar surface area (TPSA) is 54.0 Å². The Morgan fingerprint density at radius 2 is 1.83 bits per heavy atom. The number of halogens is 5. The van der Waals surface area contributed by atoms with Gasteiger partial charge in [0, 0.05) is 6.20 Å². The van der Waals surface area contributed by atoms with Gasteiger partial charge < -0.3 is 10.6 Å². The summed E-state index contributed by atoms with van der Waals surface area (Å²) in [5.41, 5.74) is -1.06. The smallest absolute Gasteiger partial charge is 0.306 e. The van der Waals surface area contributed by atoms with Gasteiger partial charge >= 0.3 is 12.2 Å². The molecule has 0 saturated carbocycles. The number of nitrogens with one attached hydrogen (secondary N) is 2. The Bertz CT molecular complexity index is 749. The molecule has 0 aliphatic heterocycles. The lowest BCUT2D eigenvalue weighted by Gasteiger charge is -2.13. The van der Waals surface area contributed by atoms with Gasteiger partial charge in [-0.3, -0.25) is 4.98 Å². The first-order valence-corrected chi connectivity index (χ1v) is 7.04. The molecule has 0 spiro atoms. The Balaban J connectivity index is 2.20. The Morgan fingerprint density at radius 1 is 1.17 bits per heavy atom. The first-order valence-electron chi connectivity index (χ1n) is 6.25. The van der Waals surface area contributed by atoms with Crippen LogP contribution in [0.1, 0.15) is 11.3 Å². The first-order chi connectivity index (χ1) is 10.7. The fourth-order valence-corrected chi connectivity index (χ4v) is 2.10. The van der Waals surface area contributed by atoms with Crippen LogP contribution in [0.5, 0.6) is 0 Å². The number of aryl methyl sites for hydroxylation is 1. The number of carbonyl (C=O) groups is 1. The summed E-state index contributed by atoms with van der Waals surface area (Å²) < 4.78 is 52.2. The third-order valence-corrected chi connectivity index (χ3v) is 3.87. The van der Waals surface area contributed by atoms with Crippen LogP contribution in [0.25, 0.3) is 0 Å². The second-order valence-corrected chi connectivity index (χ2v) is 5.29. The van der Waals surface area contributed by atoms with Crippen molar-refractivity contribution in [3.8, 4) is 0 Å². The van der Waals surface area contributed by atoms with Crippen LogP contribution in [0.15, 0.2) is 34.9 Å². The molecule has 0 aliphatic carbocycles. The van der Waals surface area contributed by atoms with Crippen LogP contribution in [0.2, 0.25) is 0 Å². The van der Waals surface area contributed by atoms with Gasteiger partial charge in [0.25, 0.3) is 0 Å². The summed E-state index contributed by atoms with van der Waals surface area (Å²) in [5.74, 6) is -1.54. The molecule has 4 nitrogen and oxygen atoms in total. The standard InChI is InChI=1S/C14H10BrF4N3O/c1-7-11(15)9(5-6-20-7)21-13(23)22-10-4-2-3-8(12(10)16)14(17,18)19/h2-6H,1H3,(H2,20,21,22,23). The number of hydrogen-bond acceptors (Lipinski definition) is 2. The fourth-order valence-electron chi connectivity index (χ4n) is 1.77. The number of amides is 2. The number of alkyl halides is 3. The highest BCUT2D eigenvalue weighted by Crippen LogP contribution is 2.34. The molecular weight excluding hydrogens is 382 g/mol. The van der Waals surface area contributed by atoms with Crippen molar-refractivity contribution in [1.29, 1.82) is 0 Å². The third kappa shape index (κ3) is 3.98. The minimum atomic E-state index is -4.84. The van der Waals surface area contributed by atoms with Crippen molar-refractivity contribution in [2.75, 3.05) is 10.6 Å². The van der Waals surface area contributed by atoms with Crippen LogP contribution >= 0.6 is 15.9 Å². The molecule has 0 saturated heterocycles. The minimum Gasteiger partial charge on any atom is -0.306 e. The largest absolute Gasteiger partial charge is 0.419 e. The van der Waals surface area contributed by atoms with Gasteiger partial charge in [0.05, 0.1) is 27.1 Å². The Hall–Kier alpha value is -2.16. The predicted molar refractivity (Wildman–Crippen MR) is 80.7 cm³/mol. The van der Waals surface area contributed by atoms with Gasteiger partial charge in [-0.15, -0.1) is 0 Å². The Labute approximate surface area is 137 Å². The lowest BCUT2D eigenvalue weighted by Crippen LogP contribution is -2.21. The highest BCUT2D eigenvalue weighted by Gasteiger charge is 2.35. The van der Waals surface area contributed by atoms with E-state index in [0.717, 1.165) is 12.1 Å². The number of carbonyl (C=O) groups excluding carboxylic acids is 1. The number of aromatic nitrogens is 1. The quantitative estimate of drug-likeness (QED) is 0.711. The second kappa shape index (κ2) is 6.53. The van der Waals surface area contributed by atoms with Crippen molar-refractivity contribution in [3.63, 3.8) is 0 Å². The Morgan fingerprint density at radius 3 is 2.48 bits per heavy atom. The molecule has 0 bridgehead atoms. The third-order valence-electron chi connectivity index (χ3n) is 2.86. The zero-order chi connectivity index (χ0) is 17.2. The molecule has 2 amide bonds. The molecule has 0 aliphatic rings. The number of rotatable bonds is 2. The SMILES string of the molecule is Cc1nccc(NC(=O)Nc2cccc(C(F)(F)F)c2F)c1Br. The lowest BCUT2D eigenvalue weighted by atomic mass is 10.2. The van der Waals surface area contributed by atoms with Crippen LogP contribution < -0.4 is 10.6 Å². The lowest BCUT2D eigenvalue weighted by molar-refractivity contribution is -0.139. The molecule has 0 radical (unpaired) electrons. The summed E-state index contributed by atoms with van der Waals surface area (Å²) in [5, 5.41) is 4.45. The molecule has 9 heteroatoms. The summed E-state index contributed by atoms with van der Waals surface area (Å²) in [7, 11) is 0. The molecule has 2 aromatic rings. The number of pyridine rings is 1. The summed E-state index contributed by atoms with van der Waals surface area (Å²) in [6, 6.07) is 3.25. The van der Waals surface area contributed by atoms with E-state index < -0.39 is 29.3 Å². The maximum atomic E-state index is 13.8. The molecule has 2 N–H and O–H groups in total. The van der Waals surface area contributed by atoms with Crippen molar-refractivity contribution in [2.45, 2.75) is 13.1 Å². The summed E-state index contributed by atoms with van der Waals surface area (Å²) in [4.78, 5) is 15.8. The van der Waals surface area contributed by atoms with Crippen molar-refractivity contribution >= 4 is 33.3 Å². The number of hydrogen-bond donors (Lipinski definition) is 2. The van der Waals surface area contributed by atoms with Crippen molar-refractivity contribution < 1.29 is 22.4 Å². The van der Waals surface area contributed by atoms with Crippen LogP contribution in [0.4, 0.5) is 33.7 Å². The van der Waals surface area contributed by atoms with Gasteiger partial charge in [-0.2, -0.15) is 13.2 Å². The molecular formula is C14H10BrF4N3O. The van der Waals surface area contributed by atoms with Gasteiger partial charge in [0.15, 0.2) is 5.82 Å². The Kier molecular flexibility index (Phi) is 4.88. The molecule has 122 valence electrons. The van der Waals surface area contributed by atoms with E-state index in [0.29, 0.717) is 21.9 Å². The normalized spacial score (nSPS) is 11.2. The van der Waals surface area contributed by atoms with Gasteiger partial charge in [0.2, 0.25) is 0 Å². The summed E-state index contributed by atoms with van der Waals surface area (Å²) in [6.07, 6.45) is -3.40. The van der Waals surface area contributed by atoms with Gasteiger partial charge in [-0.05, 0) is 41.1 Å². The van der Waals surface area contributed by atoms with E-state index in [9.17, 15) is 22.4 Å². The van der Waals surface area contributed by atoms with Gasteiger partial charge in [-0.25, -0.2) is 9.18 Å². The zero-order valence-electron chi connectivity index (χ0n) is 11.6. The zero-order valence-corrected chi connectivity index (χ0v) is 13.2. The van der Waals surface area contributed by atoms with E-state index in [2.05, 4.69) is 31.5 Å². The average Bonchev–Trinajstić information content (AvgIpc) is 2.45. The maximum absolute atomic E-state index is 13.8. The van der Waals surface area contributed by atoms with Crippen LogP contribution in [0, 0.1) is 12.7 Å². The minimum absolute atomic E-state index is 0.349. The highest BCUT2D eigenvalue weighted by atomic mass is 79.9. The van der Waals surface area contributed by atoms with Crippen molar-refractivity contribution in [2.24, 2.45) is 0 Å². The van der Waals surface area contributed by atoms with E-state index in [1.807, 2.05) is 0 Å². The van der Waals surface area contributed by atoms with E-state index in [-0.39, 0.29) is 0 Å². The number of urea groups is 1. The molecule has 1 aromatic heterocycles. The van der Waals surface area contributed by atoms with Crippen LogP contribution in [-0.4, -0.2) is 11.0 Å². The second-order valence-electron chi connectivity index (χ2n) is 4.50.